The topological polar surface area (TPSA) is 113 Å². The van der Waals surface area contributed by atoms with Gasteiger partial charge >= 0.3 is 5.97 Å². The number of amides is 1. The summed E-state index contributed by atoms with van der Waals surface area (Å²) < 4.78 is 5.85. The van der Waals surface area contributed by atoms with Crippen molar-refractivity contribution >= 4 is 11.9 Å². The Labute approximate surface area is 181 Å². The summed E-state index contributed by atoms with van der Waals surface area (Å²) in [6, 6.07) is 4.13. The summed E-state index contributed by atoms with van der Waals surface area (Å²) in [5.74, 6) is -0.487. The van der Waals surface area contributed by atoms with Crippen molar-refractivity contribution in [1.29, 1.82) is 0 Å². The van der Waals surface area contributed by atoms with Crippen molar-refractivity contribution in [3.8, 4) is 17.1 Å². The second-order valence-electron chi connectivity index (χ2n) is 7.60. The summed E-state index contributed by atoms with van der Waals surface area (Å²) in [4.78, 5) is 46.1. The quantitative estimate of drug-likeness (QED) is 0.670. The number of rotatable bonds is 8. The number of nitrogens with zero attached hydrogens (tertiary/aromatic N) is 2. The first-order valence-corrected chi connectivity index (χ1v) is 10.8. The van der Waals surface area contributed by atoms with Crippen molar-refractivity contribution in [3.63, 3.8) is 0 Å². The summed E-state index contributed by atoms with van der Waals surface area (Å²) in [7, 11) is 0. The van der Waals surface area contributed by atoms with E-state index in [1.165, 1.54) is 4.90 Å². The molecule has 2 N–H and O–H groups in total. The summed E-state index contributed by atoms with van der Waals surface area (Å²) in [5, 5.41) is 9.43. The minimum absolute atomic E-state index is 0.201. The van der Waals surface area contributed by atoms with Gasteiger partial charge < -0.3 is 19.7 Å². The highest BCUT2D eigenvalue weighted by Crippen LogP contribution is 2.30. The van der Waals surface area contributed by atoms with Gasteiger partial charge in [-0.15, -0.1) is 0 Å². The standard InChI is InChI=1S/C23H29N3O5/c1-4-12-31-19-10-9-14(22(28)26-11-7-8-18(26)23(29)30)13-16(19)20-24-17(6-3)15(5-2)21(27)25-20/h9-10,13,18H,4-8,11-12H2,1-3H3,(H,29,30)(H,24,25,27). The molecule has 8 heteroatoms. The van der Waals surface area contributed by atoms with Gasteiger partial charge in [0, 0.05) is 17.7 Å². The van der Waals surface area contributed by atoms with E-state index in [2.05, 4.69) is 9.97 Å². The number of carboxylic acids is 1. The van der Waals surface area contributed by atoms with Gasteiger partial charge in [0.15, 0.2) is 0 Å². The van der Waals surface area contributed by atoms with Crippen LogP contribution in [0.3, 0.4) is 0 Å². The zero-order chi connectivity index (χ0) is 22.5. The molecule has 166 valence electrons. The van der Waals surface area contributed by atoms with Crippen LogP contribution >= 0.6 is 0 Å². The molecule has 1 aromatic heterocycles. The van der Waals surface area contributed by atoms with Crippen molar-refractivity contribution in [1.82, 2.24) is 14.9 Å². The first-order chi connectivity index (χ1) is 14.9. The molecule has 31 heavy (non-hydrogen) atoms. The Kier molecular flexibility index (Phi) is 7.09. The van der Waals surface area contributed by atoms with E-state index in [0.717, 1.165) is 6.42 Å². The van der Waals surface area contributed by atoms with Crippen LogP contribution in [0.15, 0.2) is 23.0 Å². The minimum atomic E-state index is -0.997. The second-order valence-corrected chi connectivity index (χ2v) is 7.60. The largest absolute Gasteiger partial charge is 0.493 e. The number of aryl methyl sites for hydroxylation is 1. The van der Waals surface area contributed by atoms with Gasteiger partial charge in [0.05, 0.1) is 17.9 Å². The van der Waals surface area contributed by atoms with Crippen LogP contribution in [-0.4, -0.2) is 51.0 Å². The molecular formula is C23H29N3O5. The van der Waals surface area contributed by atoms with Crippen molar-refractivity contribution in [2.75, 3.05) is 13.2 Å². The van der Waals surface area contributed by atoms with Crippen molar-refractivity contribution < 1.29 is 19.4 Å². The highest BCUT2D eigenvalue weighted by atomic mass is 16.5. The SMILES string of the molecule is CCCOc1ccc(C(=O)N2CCCC2C(=O)O)cc1-c1nc(CC)c(CC)c(=O)[nH]1. The molecule has 3 rings (SSSR count). The molecule has 0 bridgehead atoms. The van der Waals surface area contributed by atoms with Gasteiger partial charge in [-0.3, -0.25) is 9.59 Å². The fourth-order valence-electron chi connectivity index (χ4n) is 3.95. The molecule has 0 radical (unpaired) electrons. The molecule has 0 spiro atoms. The zero-order valence-corrected chi connectivity index (χ0v) is 18.2. The van der Waals surface area contributed by atoms with Crippen LogP contribution in [0.5, 0.6) is 5.75 Å². The molecule has 1 fully saturated rings. The predicted octanol–water partition coefficient (Wildman–Crippen LogP) is 3.04. The molecule has 1 saturated heterocycles. The van der Waals surface area contributed by atoms with Gasteiger partial charge in [0.25, 0.3) is 11.5 Å². The number of ether oxygens (including phenoxy) is 1. The average Bonchev–Trinajstić information content (AvgIpc) is 3.26. The van der Waals surface area contributed by atoms with Gasteiger partial charge in [-0.25, -0.2) is 9.78 Å². The number of hydrogen-bond acceptors (Lipinski definition) is 5. The normalized spacial score (nSPS) is 15.8. The monoisotopic (exact) mass is 427 g/mol. The zero-order valence-electron chi connectivity index (χ0n) is 18.2. The minimum Gasteiger partial charge on any atom is -0.493 e. The Hall–Kier alpha value is -3.16. The third kappa shape index (κ3) is 4.62. The first-order valence-electron chi connectivity index (χ1n) is 10.8. The predicted molar refractivity (Wildman–Crippen MR) is 117 cm³/mol. The van der Waals surface area contributed by atoms with Crippen LogP contribution in [0.4, 0.5) is 0 Å². The summed E-state index contributed by atoms with van der Waals surface area (Å²) in [6.45, 7) is 6.72. The Balaban J connectivity index is 2.08. The number of nitrogens with one attached hydrogen (secondary N) is 1. The van der Waals surface area contributed by atoms with Crippen LogP contribution in [0, 0.1) is 0 Å². The maximum Gasteiger partial charge on any atom is 0.326 e. The number of H-pyrrole nitrogens is 1. The maximum atomic E-state index is 13.1. The lowest BCUT2D eigenvalue weighted by Gasteiger charge is -2.22. The molecule has 1 aliphatic rings. The number of aromatic nitrogens is 2. The molecule has 1 atom stereocenters. The molecule has 1 unspecified atom stereocenters. The fraction of sp³-hybridized carbons (Fsp3) is 0.478. The van der Waals surface area contributed by atoms with Crippen LogP contribution < -0.4 is 10.3 Å². The number of aromatic amines is 1. The highest BCUT2D eigenvalue weighted by molar-refractivity contribution is 5.98. The lowest BCUT2D eigenvalue weighted by atomic mass is 10.1. The van der Waals surface area contributed by atoms with Crippen molar-refractivity contribution in [2.45, 2.75) is 58.9 Å². The molecule has 2 aromatic rings. The number of likely N-dealkylation sites (tertiary alicyclic amines) is 1. The molecule has 8 nitrogen and oxygen atoms in total. The van der Waals surface area contributed by atoms with E-state index in [9.17, 15) is 19.5 Å². The molecule has 2 heterocycles. The Morgan fingerprint density at radius 2 is 2.03 bits per heavy atom. The number of hydrogen-bond donors (Lipinski definition) is 2. The Morgan fingerprint density at radius 1 is 1.26 bits per heavy atom. The molecule has 1 amide bonds. The van der Waals surface area contributed by atoms with Gasteiger partial charge in [0.1, 0.15) is 17.6 Å². The lowest BCUT2D eigenvalue weighted by molar-refractivity contribution is -0.141. The van der Waals surface area contributed by atoms with Gasteiger partial charge in [-0.2, -0.15) is 0 Å². The number of carbonyl (C=O) groups excluding carboxylic acids is 1. The summed E-state index contributed by atoms with van der Waals surface area (Å²) in [6.07, 6.45) is 3.08. The van der Waals surface area contributed by atoms with E-state index >= 15 is 0 Å². The third-order valence-electron chi connectivity index (χ3n) is 5.53. The number of benzene rings is 1. The molecule has 0 saturated carbocycles. The number of carboxylic acid groups (broad SMARTS) is 1. The van der Waals surface area contributed by atoms with Gasteiger partial charge in [-0.1, -0.05) is 20.8 Å². The van der Waals surface area contributed by atoms with Crippen LogP contribution in [-0.2, 0) is 17.6 Å². The molecular weight excluding hydrogens is 398 g/mol. The van der Waals surface area contributed by atoms with E-state index in [1.54, 1.807) is 18.2 Å². The second kappa shape index (κ2) is 9.76. The number of aliphatic carboxylic acids is 1. The molecule has 1 aliphatic heterocycles. The van der Waals surface area contributed by atoms with E-state index in [4.69, 9.17) is 4.74 Å². The van der Waals surface area contributed by atoms with Crippen LogP contribution in [0.25, 0.3) is 11.4 Å². The van der Waals surface area contributed by atoms with E-state index in [1.807, 2.05) is 20.8 Å². The highest BCUT2D eigenvalue weighted by Gasteiger charge is 2.34. The van der Waals surface area contributed by atoms with Crippen molar-refractivity contribution in [2.24, 2.45) is 0 Å². The number of carbonyl (C=O) groups is 2. The Morgan fingerprint density at radius 3 is 2.68 bits per heavy atom. The molecule has 1 aromatic carbocycles. The van der Waals surface area contributed by atoms with Gasteiger partial charge in [0.2, 0.25) is 0 Å². The van der Waals surface area contributed by atoms with E-state index in [0.29, 0.717) is 72.8 Å². The lowest BCUT2D eigenvalue weighted by Crippen LogP contribution is -2.40. The third-order valence-corrected chi connectivity index (χ3v) is 5.53. The van der Waals surface area contributed by atoms with Gasteiger partial charge in [-0.05, 0) is 50.3 Å². The van der Waals surface area contributed by atoms with E-state index < -0.39 is 12.0 Å². The van der Waals surface area contributed by atoms with Crippen LogP contribution in [0.2, 0.25) is 0 Å². The van der Waals surface area contributed by atoms with Crippen molar-refractivity contribution in [3.05, 3.63) is 45.4 Å². The summed E-state index contributed by atoms with van der Waals surface area (Å²) in [5.41, 5.74) is 2.01. The van der Waals surface area contributed by atoms with E-state index in [-0.39, 0.29) is 11.5 Å². The smallest absolute Gasteiger partial charge is 0.326 e. The average molecular weight is 428 g/mol. The first kappa shape index (κ1) is 22.5. The maximum absolute atomic E-state index is 13.1. The Bertz CT molecular complexity index is 1030. The molecule has 0 aliphatic carbocycles. The fourth-order valence-corrected chi connectivity index (χ4v) is 3.95. The summed E-state index contributed by atoms with van der Waals surface area (Å²) >= 11 is 0. The van der Waals surface area contributed by atoms with Crippen LogP contribution in [0.1, 0.15) is 61.6 Å².